The molecule has 17 heavy (non-hydrogen) atoms. The van der Waals surface area contributed by atoms with E-state index in [0.29, 0.717) is 0 Å². The fourth-order valence-electron chi connectivity index (χ4n) is 0.684. The Morgan fingerprint density at radius 1 is 0.882 bits per heavy atom. The zero-order chi connectivity index (χ0) is 10.6. The van der Waals surface area contributed by atoms with Crippen LogP contribution in [0.25, 0.3) is 0 Å². The number of carboxylic acids is 3. The summed E-state index contributed by atoms with van der Waals surface area (Å²) in [7, 11) is 0. The average Bonchev–Trinajstić information content (AvgIpc) is 1.82. The fourth-order valence-corrected chi connectivity index (χ4v) is 0.684. The Bertz CT molecular complexity index is 235. The summed E-state index contributed by atoms with van der Waals surface area (Å²) in [6, 6.07) is 0. The van der Waals surface area contributed by atoms with E-state index in [1.807, 2.05) is 0 Å². The maximum atomic E-state index is 10.1. The maximum Gasteiger partial charge on any atom is 0.114 e. The van der Waals surface area contributed by atoms with Crippen LogP contribution >= 0.6 is 0 Å². The van der Waals surface area contributed by atoms with Gasteiger partial charge in [-0.05, 0) is 0 Å². The SMILES string of the molecule is O.O.O.O=C([O-])CC(O)(CC(=O)[O-])C(=O)[O-].[Cu]. The summed E-state index contributed by atoms with van der Waals surface area (Å²) in [4.78, 5) is 30.0. The molecule has 0 aliphatic heterocycles. The number of carboxylic acid groups (broad SMARTS) is 3. The smallest absolute Gasteiger partial charge is 0.114 e. The molecule has 0 fully saturated rings. The summed E-state index contributed by atoms with van der Waals surface area (Å²) in [5.74, 6) is -5.98. The molecule has 7 N–H and O–H groups in total. The third-order valence-electron chi connectivity index (χ3n) is 1.25. The first-order valence-corrected chi connectivity index (χ1v) is 3.11. The molecule has 0 atom stereocenters. The van der Waals surface area contributed by atoms with Crippen molar-refractivity contribution in [1.82, 2.24) is 0 Å². The minimum absolute atomic E-state index is 0. The van der Waals surface area contributed by atoms with E-state index >= 15 is 0 Å². The molecule has 0 rings (SSSR count). The van der Waals surface area contributed by atoms with Gasteiger partial charge in [-0.2, -0.15) is 0 Å². The predicted octanol–water partition coefficient (Wildman–Crippen LogP) is -7.73. The Morgan fingerprint density at radius 2 is 1.12 bits per heavy atom. The average molecular weight is 307 g/mol. The Labute approximate surface area is 105 Å². The Kier molecular flexibility index (Phi) is 19.6. The van der Waals surface area contributed by atoms with Crippen molar-refractivity contribution in [3.05, 3.63) is 0 Å². The molecule has 109 valence electrons. The summed E-state index contributed by atoms with van der Waals surface area (Å²) in [6.45, 7) is 0. The molecule has 0 saturated carbocycles. The summed E-state index contributed by atoms with van der Waals surface area (Å²) in [5.41, 5.74) is -2.97. The van der Waals surface area contributed by atoms with Gasteiger partial charge in [-0.25, -0.2) is 0 Å². The number of hydrogen-bond acceptors (Lipinski definition) is 7. The third kappa shape index (κ3) is 11.0. The minimum atomic E-state index is -2.97. The van der Waals surface area contributed by atoms with Gasteiger partial charge in [0.1, 0.15) is 5.60 Å². The van der Waals surface area contributed by atoms with Crippen LogP contribution in [-0.2, 0) is 31.5 Å². The third-order valence-corrected chi connectivity index (χ3v) is 1.25. The zero-order valence-corrected chi connectivity index (χ0v) is 9.05. The first-order chi connectivity index (χ1) is 5.78. The van der Waals surface area contributed by atoms with E-state index < -0.39 is 36.4 Å². The topological polar surface area (TPSA) is 235 Å². The van der Waals surface area contributed by atoms with Crippen LogP contribution in [0.2, 0.25) is 0 Å². The van der Waals surface area contributed by atoms with Gasteiger partial charge in [0.25, 0.3) is 0 Å². The minimum Gasteiger partial charge on any atom is -0.550 e. The molecule has 0 saturated heterocycles. The molecule has 0 bridgehead atoms. The molecule has 10 nitrogen and oxygen atoms in total. The molecule has 1 radical (unpaired) electrons. The van der Waals surface area contributed by atoms with Crippen molar-refractivity contribution in [2.24, 2.45) is 0 Å². The van der Waals surface area contributed by atoms with E-state index in [4.69, 9.17) is 5.11 Å². The van der Waals surface area contributed by atoms with Crippen LogP contribution in [0, 0.1) is 0 Å². The van der Waals surface area contributed by atoms with Gasteiger partial charge in [0.15, 0.2) is 0 Å². The van der Waals surface area contributed by atoms with E-state index in [1.54, 1.807) is 0 Å². The summed E-state index contributed by atoms with van der Waals surface area (Å²) in [5, 5.41) is 38.9. The predicted molar refractivity (Wildman–Crippen MR) is 40.0 cm³/mol. The van der Waals surface area contributed by atoms with E-state index in [-0.39, 0.29) is 33.5 Å². The Morgan fingerprint density at radius 3 is 1.24 bits per heavy atom. The summed E-state index contributed by atoms with van der Waals surface area (Å²) >= 11 is 0. The molecular formula is C6H11CuO10-3. The van der Waals surface area contributed by atoms with Crippen LogP contribution in [0.3, 0.4) is 0 Å². The first kappa shape index (κ1) is 29.7. The van der Waals surface area contributed by atoms with Gasteiger partial charge < -0.3 is 51.2 Å². The van der Waals surface area contributed by atoms with Gasteiger partial charge in [-0.1, -0.05) is 0 Å². The number of aliphatic carboxylic acids is 3. The van der Waals surface area contributed by atoms with Crippen LogP contribution in [0.15, 0.2) is 0 Å². The van der Waals surface area contributed by atoms with Crippen molar-refractivity contribution in [1.29, 1.82) is 0 Å². The molecule has 0 heterocycles. The monoisotopic (exact) mass is 306 g/mol. The second-order valence-electron chi connectivity index (χ2n) is 2.42. The number of hydrogen-bond donors (Lipinski definition) is 1. The van der Waals surface area contributed by atoms with Crippen molar-refractivity contribution in [3.63, 3.8) is 0 Å². The van der Waals surface area contributed by atoms with E-state index in [1.165, 1.54) is 0 Å². The summed E-state index contributed by atoms with van der Waals surface area (Å²) in [6.07, 6.45) is -2.72. The van der Waals surface area contributed by atoms with Crippen LogP contribution in [0.5, 0.6) is 0 Å². The second-order valence-corrected chi connectivity index (χ2v) is 2.42. The van der Waals surface area contributed by atoms with Gasteiger partial charge in [0.05, 0.1) is 5.97 Å². The fraction of sp³-hybridized carbons (Fsp3) is 0.500. The van der Waals surface area contributed by atoms with Crippen molar-refractivity contribution >= 4 is 17.9 Å². The first-order valence-electron chi connectivity index (χ1n) is 3.11. The van der Waals surface area contributed by atoms with E-state index in [2.05, 4.69) is 0 Å². The number of carbonyl (C=O) groups is 3. The largest absolute Gasteiger partial charge is 0.550 e. The van der Waals surface area contributed by atoms with Gasteiger partial charge in [0, 0.05) is 41.8 Å². The van der Waals surface area contributed by atoms with Crippen molar-refractivity contribution in [3.8, 4) is 0 Å². The second kappa shape index (κ2) is 11.3. The van der Waals surface area contributed by atoms with Gasteiger partial charge in [-0.15, -0.1) is 0 Å². The van der Waals surface area contributed by atoms with Gasteiger partial charge >= 0.3 is 0 Å². The number of carbonyl (C=O) groups excluding carboxylic acids is 3. The molecular weight excluding hydrogens is 296 g/mol. The summed E-state index contributed by atoms with van der Waals surface area (Å²) < 4.78 is 0. The molecule has 0 unspecified atom stereocenters. The van der Waals surface area contributed by atoms with Crippen molar-refractivity contribution in [2.75, 3.05) is 0 Å². The number of aliphatic hydroxyl groups is 1. The number of rotatable bonds is 5. The molecule has 0 aliphatic rings. The molecule has 0 aromatic heterocycles. The quantitative estimate of drug-likeness (QED) is 0.480. The van der Waals surface area contributed by atoms with E-state index in [9.17, 15) is 29.7 Å². The van der Waals surface area contributed by atoms with Crippen LogP contribution in [0.1, 0.15) is 12.8 Å². The van der Waals surface area contributed by atoms with Crippen molar-refractivity contribution in [2.45, 2.75) is 18.4 Å². The zero-order valence-electron chi connectivity index (χ0n) is 8.11. The molecule has 0 aromatic rings. The van der Waals surface area contributed by atoms with Crippen molar-refractivity contribution < 1.29 is 68.3 Å². The molecule has 0 aliphatic carbocycles. The van der Waals surface area contributed by atoms with Gasteiger partial charge in [0.2, 0.25) is 0 Å². The van der Waals surface area contributed by atoms with Crippen LogP contribution in [0.4, 0.5) is 0 Å². The maximum absolute atomic E-state index is 10.1. The van der Waals surface area contributed by atoms with Gasteiger partial charge in [-0.3, -0.25) is 0 Å². The molecule has 0 amide bonds. The molecule has 0 spiro atoms. The Hall–Kier alpha value is -1.23. The van der Waals surface area contributed by atoms with Crippen LogP contribution < -0.4 is 15.3 Å². The molecule has 0 aromatic carbocycles. The Balaban J connectivity index is -0.000000120. The van der Waals surface area contributed by atoms with E-state index in [0.717, 1.165) is 0 Å². The molecule has 11 heteroatoms. The standard InChI is InChI=1S/C6H8O7.Cu.3H2O/c7-3(8)1-6(13,5(11)12)2-4(9)10;;;;/h13H,1-2H2,(H,7,8)(H,9,10)(H,11,12);;3*1H2/p-3. The normalized spacial score (nSPS) is 8.29. The van der Waals surface area contributed by atoms with Crippen LogP contribution in [-0.4, -0.2) is 45.0 Å².